The zero-order chi connectivity index (χ0) is 17.5. The van der Waals surface area contributed by atoms with E-state index in [2.05, 4.69) is 0 Å². The second-order valence-electron chi connectivity index (χ2n) is 5.87. The molecule has 1 aromatic rings. The van der Waals surface area contributed by atoms with Crippen molar-refractivity contribution in [3.63, 3.8) is 0 Å². The Balaban J connectivity index is 2.54. The Labute approximate surface area is 134 Å². The normalized spacial score (nSPS) is 25.0. The monoisotopic (exact) mass is 320 g/mol. The Morgan fingerprint density at radius 3 is 2.35 bits per heavy atom. The van der Waals surface area contributed by atoms with E-state index in [0.29, 0.717) is 5.56 Å². The number of rotatable bonds is 3. The Hall–Kier alpha value is -2.18. The van der Waals surface area contributed by atoms with Gasteiger partial charge in [-0.1, -0.05) is 0 Å². The molecule has 2 atom stereocenters. The molecule has 0 aromatic heterocycles. The third kappa shape index (κ3) is 2.64. The maximum absolute atomic E-state index is 12.6. The lowest BCUT2D eigenvalue weighted by molar-refractivity contribution is -0.161. The van der Waals surface area contributed by atoms with Crippen LogP contribution in [-0.4, -0.2) is 40.6 Å². The van der Waals surface area contributed by atoms with Crippen molar-refractivity contribution >= 4 is 11.6 Å². The van der Waals surface area contributed by atoms with Gasteiger partial charge < -0.3 is 19.7 Å². The molecular formula is C17H20O6. The Morgan fingerprint density at radius 1 is 1.17 bits per heavy atom. The molecule has 0 spiro atoms. The van der Waals surface area contributed by atoms with Gasteiger partial charge in [-0.3, -0.25) is 9.59 Å². The number of benzene rings is 1. The quantitative estimate of drug-likeness (QED) is 0.878. The number of aromatic hydroxyl groups is 1. The minimum Gasteiger partial charge on any atom is -0.508 e. The summed E-state index contributed by atoms with van der Waals surface area (Å²) in [7, 11) is 1.25. The maximum Gasteiger partial charge on any atom is 0.232 e. The SMILES string of the molecule is CO[C@]1(C)C(=O)C(Oc2cc(C)cc(O)c2C)=C(C)C(=O)[C@@H]1O. The highest BCUT2D eigenvalue weighted by Crippen LogP contribution is 2.35. The van der Waals surface area contributed by atoms with Crippen LogP contribution in [0.2, 0.25) is 0 Å². The molecule has 0 saturated heterocycles. The van der Waals surface area contributed by atoms with Gasteiger partial charge in [0.15, 0.2) is 23.2 Å². The summed E-state index contributed by atoms with van der Waals surface area (Å²) in [5.41, 5.74) is -0.490. The second kappa shape index (κ2) is 5.79. The minimum atomic E-state index is -1.70. The van der Waals surface area contributed by atoms with Gasteiger partial charge in [0, 0.05) is 18.2 Å². The van der Waals surface area contributed by atoms with Crippen molar-refractivity contribution in [2.45, 2.75) is 39.4 Å². The Bertz CT molecular complexity index is 718. The number of ketones is 2. The predicted molar refractivity (Wildman–Crippen MR) is 82.3 cm³/mol. The van der Waals surface area contributed by atoms with E-state index < -0.39 is 23.3 Å². The van der Waals surface area contributed by atoms with Crippen molar-refractivity contribution < 1.29 is 29.3 Å². The van der Waals surface area contributed by atoms with Gasteiger partial charge in [-0.2, -0.15) is 0 Å². The van der Waals surface area contributed by atoms with Gasteiger partial charge in [-0.05, 0) is 45.4 Å². The largest absolute Gasteiger partial charge is 0.508 e. The first-order chi connectivity index (χ1) is 10.6. The number of hydrogen-bond acceptors (Lipinski definition) is 6. The fourth-order valence-electron chi connectivity index (χ4n) is 2.44. The van der Waals surface area contributed by atoms with E-state index in [1.54, 1.807) is 26.0 Å². The molecule has 1 aliphatic rings. The fraction of sp³-hybridized carbons (Fsp3) is 0.412. The van der Waals surface area contributed by atoms with E-state index >= 15 is 0 Å². The highest BCUT2D eigenvalue weighted by molar-refractivity contribution is 6.16. The first-order valence-electron chi connectivity index (χ1n) is 7.14. The van der Waals surface area contributed by atoms with Crippen LogP contribution in [0.25, 0.3) is 0 Å². The molecule has 23 heavy (non-hydrogen) atoms. The molecule has 2 rings (SSSR count). The molecule has 0 bridgehead atoms. The highest BCUT2D eigenvalue weighted by atomic mass is 16.5. The summed E-state index contributed by atoms with van der Waals surface area (Å²) in [6.07, 6.45) is -1.58. The molecule has 0 saturated carbocycles. The summed E-state index contributed by atoms with van der Waals surface area (Å²) in [6.45, 7) is 6.16. The summed E-state index contributed by atoms with van der Waals surface area (Å²) in [6, 6.07) is 3.22. The third-order valence-corrected chi connectivity index (χ3v) is 4.25. The zero-order valence-corrected chi connectivity index (χ0v) is 13.8. The number of hydrogen-bond donors (Lipinski definition) is 2. The first-order valence-corrected chi connectivity index (χ1v) is 7.14. The van der Waals surface area contributed by atoms with Crippen LogP contribution >= 0.6 is 0 Å². The molecule has 0 aliphatic heterocycles. The van der Waals surface area contributed by atoms with Crippen molar-refractivity contribution in [2.24, 2.45) is 0 Å². The second-order valence-corrected chi connectivity index (χ2v) is 5.87. The number of carbonyl (C=O) groups is 2. The number of Topliss-reactive ketones (excluding diaryl/α,β-unsaturated/α-hetero) is 2. The van der Waals surface area contributed by atoms with Crippen molar-refractivity contribution in [1.82, 2.24) is 0 Å². The van der Waals surface area contributed by atoms with Gasteiger partial charge in [0.2, 0.25) is 5.78 Å². The van der Waals surface area contributed by atoms with Gasteiger partial charge >= 0.3 is 0 Å². The van der Waals surface area contributed by atoms with E-state index in [1.807, 2.05) is 0 Å². The van der Waals surface area contributed by atoms with Crippen LogP contribution in [0.1, 0.15) is 25.0 Å². The summed E-state index contributed by atoms with van der Waals surface area (Å²) >= 11 is 0. The number of methoxy groups -OCH3 is 1. The van der Waals surface area contributed by atoms with Gasteiger partial charge in [0.25, 0.3) is 0 Å². The number of aliphatic hydroxyl groups excluding tert-OH is 1. The molecule has 1 aliphatic carbocycles. The first kappa shape index (κ1) is 17.2. The molecule has 0 unspecified atom stereocenters. The van der Waals surface area contributed by atoms with Crippen LogP contribution in [-0.2, 0) is 14.3 Å². The third-order valence-electron chi connectivity index (χ3n) is 4.25. The van der Waals surface area contributed by atoms with Crippen molar-refractivity contribution in [2.75, 3.05) is 7.11 Å². The van der Waals surface area contributed by atoms with E-state index in [9.17, 15) is 19.8 Å². The summed E-state index contributed by atoms with van der Waals surface area (Å²) < 4.78 is 10.7. The number of ether oxygens (including phenoxy) is 2. The highest BCUT2D eigenvalue weighted by Gasteiger charge is 2.52. The molecule has 0 radical (unpaired) electrons. The van der Waals surface area contributed by atoms with Gasteiger partial charge in [0.1, 0.15) is 11.5 Å². The molecule has 2 N–H and O–H groups in total. The number of aryl methyl sites for hydroxylation is 1. The average molecular weight is 320 g/mol. The lowest BCUT2D eigenvalue weighted by Crippen LogP contribution is -2.57. The number of carbonyl (C=O) groups excluding carboxylic acids is 2. The van der Waals surface area contributed by atoms with E-state index in [-0.39, 0.29) is 22.8 Å². The fourth-order valence-corrected chi connectivity index (χ4v) is 2.44. The van der Waals surface area contributed by atoms with Crippen LogP contribution in [0.15, 0.2) is 23.5 Å². The molecule has 6 heteroatoms. The van der Waals surface area contributed by atoms with Gasteiger partial charge in [-0.25, -0.2) is 0 Å². The van der Waals surface area contributed by atoms with Crippen molar-refractivity contribution in [3.05, 3.63) is 34.6 Å². The topological polar surface area (TPSA) is 93.1 Å². The van der Waals surface area contributed by atoms with E-state index in [4.69, 9.17) is 9.47 Å². The summed E-state index contributed by atoms with van der Waals surface area (Å²) in [5, 5.41) is 19.9. The van der Waals surface area contributed by atoms with Crippen LogP contribution in [0.5, 0.6) is 11.5 Å². The van der Waals surface area contributed by atoms with E-state index in [0.717, 1.165) is 5.56 Å². The maximum atomic E-state index is 12.6. The molecule has 0 fully saturated rings. The number of phenolic OH excluding ortho intramolecular Hbond substituents is 1. The predicted octanol–water partition coefficient (Wildman–Crippen LogP) is 1.58. The minimum absolute atomic E-state index is 0.0254. The molecule has 6 nitrogen and oxygen atoms in total. The van der Waals surface area contributed by atoms with Gasteiger partial charge in [0.05, 0.1) is 0 Å². The Kier molecular flexibility index (Phi) is 4.32. The van der Waals surface area contributed by atoms with Crippen LogP contribution in [0.3, 0.4) is 0 Å². The van der Waals surface area contributed by atoms with Crippen molar-refractivity contribution in [3.8, 4) is 11.5 Å². The molecule has 1 aromatic carbocycles. The van der Waals surface area contributed by atoms with Crippen LogP contribution < -0.4 is 4.74 Å². The average Bonchev–Trinajstić information content (AvgIpc) is 2.52. The van der Waals surface area contributed by atoms with Crippen molar-refractivity contribution in [1.29, 1.82) is 0 Å². The zero-order valence-electron chi connectivity index (χ0n) is 13.8. The van der Waals surface area contributed by atoms with Crippen LogP contribution in [0, 0.1) is 13.8 Å². The lowest BCUT2D eigenvalue weighted by atomic mass is 9.81. The molecule has 0 amide bonds. The molecular weight excluding hydrogens is 300 g/mol. The lowest BCUT2D eigenvalue weighted by Gasteiger charge is -2.35. The Morgan fingerprint density at radius 2 is 1.78 bits per heavy atom. The summed E-state index contributed by atoms with van der Waals surface area (Å²) in [4.78, 5) is 24.8. The number of aliphatic hydroxyl groups is 1. The van der Waals surface area contributed by atoms with Crippen LogP contribution in [0.4, 0.5) is 0 Å². The molecule has 0 heterocycles. The number of phenols is 1. The standard InChI is InChI=1S/C17H20O6/c1-8-6-11(18)9(2)12(7-8)23-14-10(3)13(19)15(20)17(4,22-5)16(14)21/h6-7,15,18,20H,1-5H3/t15-,17-/m0/s1. The smallest absolute Gasteiger partial charge is 0.232 e. The molecule has 124 valence electrons. The summed E-state index contributed by atoms with van der Waals surface area (Å²) in [5.74, 6) is -1.13. The van der Waals surface area contributed by atoms with Gasteiger partial charge in [-0.15, -0.1) is 0 Å². The van der Waals surface area contributed by atoms with E-state index in [1.165, 1.54) is 21.0 Å².